The number of hydrogen-bond acceptors (Lipinski definition) is 7. The van der Waals surface area contributed by atoms with E-state index in [1.807, 2.05) is 0 Å². The maximum atomic E-state index is 10.9. The molecular weight excluding hydrogens is 218 g/mol. The average molecular weight is 225 g/mol. The van der Waals surface area contributed by atoms with Crippen molar-refractivity contribution in [2.75, 3.05) is 5.43 Å². The van der Waals surface area contributed by atoms with Crippen molar-refractivity contribution in [1.82, 2.24) is 9.59 Å². The first-order chi connectivity index (χ1) is 7.15. The van der Waals surface area contributed by atoms with Crippen LogP contribution in [0.5, 0.6) is 0 Å². The highest BCUT2D eigenvalue weighted by Crippen LogP contribution is 2.36. The summed E-state index contributed by atoms with van der Waals surface area (Å²) in [6.07, 6.45) is 0. The number of nitro groups is 1. The fraction of sp³-hybridized carbons (Fsp3) is 0.143. The van der Waals surface area contributed by atoms with Crippen LogP contribution in [0.15, 0.2) is 6.07 Å². The van der Waals surface area contributed by atoms with Crippen molar-refractivity contribution in [2.45, 2.75) is 6.92 Å². The standard InChI is InChI=1S/C7H7N5O2S/c1-3-2-4(9-8)6(12(13)14)7-5(3)10-11-15-7/h2,9H,8H2,1H3. The number of nitrogens with one attached hydrogen (secondary N) is 1. The molecule has 0 amide bonds. The minimum absolute atomic E-state index is 0.0758. The molecule has 15 heavy (non-hydrogen) atoms. The van der Waals surface area contributed by atoms with Gasteiger partial charge in [0, 0.05) is 0 Å². The summed E-state index contributed by atoms with van der Waals surface area (Å²) < 4.78 is 4.14. The van der Waals surface area contributed by atoms with Gasteiger partial charge in [0.05, 0.1) is 4.92 Å². The molecule has 1 aromatic carbocycles. The maximum absolute atomic E-state index is 10.9. The predicted molar refractivity (Wildman–Crippen MR) is 56.6 cm³/mol. The van der Waals surface area contributed by atoms with Crippen LogP contribution >= 0.6 is 11.5 Å². The van der Waals surface area contributed by atoms with Crippen LogP contribution in [0, 0.1) is 17.0 Å². The first-order valence-corrected chi connectivity index (χ1v) is 4.79. The van der Waals surface area contributed by atoms with Crippen LogP contribution in [0.3, 0.4) is 0 Å². The third-order valence-corrected chi connectivity index (χ3v) is 2.76. The summed E-state index contributed by atoms with van der Waals surface area (Å²) in [4.78, 5) is 10.4. The van der Waals surface area contributed by atoms with E-state index in [2.05, 4.69) is 15.0 Å². The molecule has 0 bridgehead atoms. The van der Waals surface area contributed by atoms with E-state index in [9.17, 15) is 10.1 Å². The number of anilines is 1. The van der Waals surface area contributed by atoms with E-state index in [0.29, 0.717) is 10.2 Å². The Bertz CT molecular complexity index is 537. The van der Waals surface area contributed by atoms with Gasteiger partial charge in [-0.05, 0) is 30.1 Å². The van der Waals surface area contributed by atoms with Gasteiger partial charge >= 0.3 is 5.69 Å². The number of benzene rings is 1. The molecular formula is C7H7N5O2S. The second-order valence-corrected chi connectivity index (χ2v) is 3.70. The Morgan fingerprint density at radius 2 is 2.40 bits per heavy atom. The quantitative estimate of drug-likeness (QED) is 0.451. The lowest BCUT2D eigenvalue weighted by molar-refractivity contribution is -0.382. The molecule has 7 nitrogen and oxygen atoms in total. The summed E-state index contributed by atoms with van der Waals surface area (Å²) in [6, 6.07) is 1.59. The van der Waals surface area contributed by atoms with Gasteiger partial charge in [-0.25, -0.2) is 0 Å². The van der Waals surface area contributed by atoms with Gasteiger partial charge in [0.1, 0.15) is 11.2 Å². The van der Waals surface area contributed by atoms with Crippen LogP contribution in [0.4, 0.5) is 11.4 Å². The molecule has 0 fully saturated rings. The lowest BCUT2D eigenvalue weighted by atomic mass is 10.1. The number of aromatic nitrogens is 2. The van der Waals surface area contributed by atoms with Gasteiger partial charge < -0.3 is 5.43 Å². The van der Waals surface area contributed by atoms with Crippen molar-refractivity contribution in [3.8, 4) is 0 Å². The fourth-order valence-electron chi connectivity index (χ4n) is 1.37. The summed E-state index contributed by atoms with van der Waals surface area (Å²) >= 11 is 0.988. The third kappa shape index (κ3) is 1.39. The van der Waals surface area contributed by atoms with Crippen molar-refractivity contribution in [3.05, 3.63) is 21.7 Å². The Balaban J connectivity index is 2.89. The van der Waals surface area contributed by atoms with Crippen molar-refractivity contribution in [1.29, 1.82) is 0 Å². The largest absolute Gasteiger partial charge is 0.318 e. The molecule has 0 spiro atoms. The highest BCUT2D eigenvalue weighted by atomic mass is 32.1. The summed E-state index contributed by atoms with van der Waals surface area (Å²) in [5, 5.41) is 14.7. The lowest BCUT2D eigenvalue weighted by Gasteiger charge is -2.03. The molecule has 8 heteroatoms. The topological polar surface area (TPSA) is 107 Å². The van der Waals surface area contributed by atoms with Crippen molar-refractivity contribution < 1.29 is 4.92 Å². The van der Waals surface area contributed by atoms with E-state index in [4.69, 9.17) is 5.84 Å². The van der Waals surface area contributed by atoms with E-state index in [-0.39, 0.29) is 11.4 Å². The van der Waals surface area contributed by atoms with Gasteiger partial charge in [-0.3, -0.25) is 16.0 Å². The van der Waals surface area contributed by atoms with Gasteiger partial charge in [0.2, 0.25) is 0 Å². The number of fused-ring (bicyclic) bond motifs is 1. The smallest absolute Gasteiger partial charge is 0.314 e. The minimum Gasteiger partial charge on any atom is -0.318 e. The van der Waals surface area contributed by atoms with E-state index in [0.717, 1.165) is 17.1 Å². The molecule has 0 aliphatic carbocycles. The molecule has 0 unspecified atom stereocenters. The Kier molecular flexibility index (Phi) is 2.21. The molecule has 2 aromatic rings. The van der Waals surface area contributed by atoms with Crippen LogP contribution in [0.25, 0.3) is 10.2 Å². The summed E-state index contributed by atoms with van der Waals surface area (Å²) in [5.74, 6) is 5.23. The fourth-order valence-corrected chi connectivity index (χ4v) is 2.13. The second kappa shape index (κ2) is 3.41. The monoisotopic (exact) mass is 225 g/mol. The Morgan fingerprint density at radius 1 is 1.67 bits per heavy atom. The second-order valence-electron chi connectivity index (χ2n) is 2.94. The molecule has 0 radical (unpaired) electrons. The van der Waals surface area contributed by atoms with Crippen LogP contribution in [-0.2, 0) is 0 Å². The number of rotatable bonds is 2. The molecule has 1 aromatic heterocycles. The third-order valence-electron chi connectivity index (χ3n) is 2.03. The summed E-state index contributed by atoms with van der Waals surface area (Å²) in [5.41, 5.74) is 3.86. The molecule has 0 aliphatic heterocycles. The number of hydrogen-bond donors (Lipinski definition) is 2. The van der Waals surface area contributed by atoms with Crippen LogP contribution in [0.2, 0.25) is 0 Å². The van der Waals surface area contributed by atoms with Crippen molar-refractivity contribution in [2.24, 2.45) is 5.84 Å². The van der Waals surface area contributed by atoms with Crippen LogP contribution < -0.4 is 11.3 Å². The predicted octanol–water partition coefficient (Wildman–Crippen LogP) is 1.19. The molecule has 0 saturated heterocycles. The number of nitrogens with zero attached hydrogens (tertiary/aromatic N) is 3. The Labute approximate surface area is 88.2 Å². The Morgan fingerprint density at radius 3 is 3.00 bits per heavy atom. The highest BCUT2D eigenvalue weighted by molar-refractivity contribution is 7.13. The molecule has 2 rings (SSSR count). The normalized spacial score (nSPS) is 10.5. The summed E-state index contributed by atoms with van der Waals surface area (Å²) in [6.45, 7) is 1.80. The maximum Gasteiger partial charge on any atom is 0.314 e. The lowest BCUT2D eigenvalue weighted by Crippen LogP contribution is -2.09. The molecule has 3 N–H and O–H groups in total. The van der Waals surface area contributed by atoms with E-state index >= 15 is 0 Å². The SMILES string of the molecule is Cc1cc(NN)c([N+](=O)[O-])c2snnc12. The van der Waals surface area contributed by atoms with Gasteiger partial charge in [0.15, 0.2) is 4.70 Å². The Hall–Kier alpha value is -1.80. The zero-order chi connectivity index (χ0) is 11.0. The van der Waals surface area contributed by atoms with E-state index in [1.165, 1.54) is 0 Å². The van der Waals surface area contributed by atoms with Crippen LogP contribution in [0.1, 0.15) is 5.56 Å². The minimum atomic E-state index is -0.489. The van der Waals surface area contributed by atoms with E-state index in [1.54, 1.807) is 13.0 Å². The average Bonchev–Trinajstić information content (AvgIpc) is 2.65. The molecule has 1 heterocycles. The summed E-state index contributed by atoms with van der Waals surface area (Å²) in [7, 11) is 0. The number of hydrazine groups is 1. The van der Waals surface area contributed by atoms with E-state index < -0.39 is 4.92 Å². The van der Waals surface area contributed by atoms with Crippen molar-refractivity contribution in [3.63, 3.8) is 0 Å². The first-order valence-electron chi connectivity index (χ1n) is 4.02. The highest BCUT2D eigenvalue weighted by Gasteiger charge is 2.22. The van der Waals surface area contributed by atoms with Gasteiger partial charge in [0.25, 0.3) is 0 Å². The number of aryl methyl sites for hydroxylation is 1. The number of nitrogen functional groups attached to an aromatic ring is 1. The van der Waals surface area contributed by atoms with Gasteiger partial charge in [-0.15, -0.1) is 5.10 Å². The number of nitrogens with two attached hydrogens (primary N) is 1. The molecule has 78 valence electrons. The van der Waals surface area contributed by atoms with Crippen LogP contribution in [-0.4, -0.2) is 14.5 Å². The first kappa shape index (κ1) is 9.74. The number of nitro benzene ring substituents is 1. The molecule has 0 aliphatic rings. The zero-order valence-electron chi connectivity index (χ0n) is 7.72. The van der Waals surface area contributed by atoms with Crippen molar-refractivity contribution >= 4 is 33.1 Å². The molecule has 0 atom stereocenters. The van der Waals surface area contributed by atoms with Gasteiger partial charge in [-0.1, -0.05) is 4.49 Å². The molecule has 0 saturated carbocycles. The zero-order valence-corrected chi connectivity index (χ0v) is 8.54. The van der Waals surface area contributed by atoms with Gasteiger partial charge in [-0.2, -0.15) is 0 Å².